The summed E-state index contributed by atoms with van der Waals surface area (Å²) in [5, 5.41) is 0. The van der Waals surface area contributed by atoms with E-state index >= 15 is 0 Å². The molecular weight excluding hydrogens is 744 g/mol. The summed E-state index contributed by atoms with van der Waals surface area (Å²) in [6.45, 7) is 27.2. The maximum absolute atomic E-state index is 2.27. The third-order valence-electron chi connectivity index (χ3n) is 11.7. The summed E-state index contributed by atoms with van der Waals surface area (Å²) < 4.78 is 0. The fourth-order valence-corrected chi connectivity index (χ4v) is 7.24. The maximum Gasteiger partial charge on any atom is 1.00 e. The van der Waals surface area contributed by atoms with Crippen molar-refractivity contribution in [2.45, 2.75) is 391 Å². The molecule has 0 aromatic carbocycles. The van der Waals surface area contributed by atoms with E-state index in [-0.39, 0.29) is 31.0 Å². The van der Waals surface area contributed by atoms with Crippen LogP contribution in [0.1, 0.15) is 393 Å². The minimum absolute atomic E-state index is 0. The van der Waals surface area contributed by atoms with Crippen molar-refractivity contribution in [3.63, 3.8) is 0 Å². The number of hydrogen-bond acceptors (Lipinski definition) is 0. The van der Waals surface area contributed by atoms with Crippen molar-refractivity contribution in [3.8, 4) is 0 Å². The molecule has 0 heterocycles. The van der Waals surface area contributed by atoms with E-state index in [1.165, 1.54) is 308 Å². The van der Waals surface area contributed by atoms with Gasteiger partial charge in [-0.2, -0.15) is 0 Å². The topological polar surface area (TPSA) is 0 Å². The van der Waals surface area contributed by atoms with Gasteiger partial charge in [-0.05, 0) is 0 Å². The average molecular weight is 878 g/mol. The van der Waals surface area contributed by atoms with E-state index in [1.54, 1.807) is 0 Å². The van der Waals surface area contributed by atoms with Crippen LogP contribution in [0.25, 0.3) is 0 Å². The van der Waals surface area contributed by atoms with E-state index in [9.17, 15) is 0 Å². The van der Waals surface area contributed by atoms with E-state index in [0.29, 0.717) is 0 Å². The van der Waals surface area contributed by atoms with Crippen LogP contribution < -0.4 is 29.6 Å². The summed E-state index contributed by atoms with van der Waals surface area (Å²) in [6, 6.07) is 0. The van der Waals surface area contributed by atoms with Gasteiger partial charge in [0.25, 0.3) is 0 Å². The van der Waals surface area contributed by atoms with Gasteiger partial charge in [-0.1, -0.05) is 391 Å². The van der Waals surface area contributed by atoms with Crippen LogP contribution in [0.15, 0.2) is 0 Å². The summed E-state index contributed by atoms with van der Waals surface area (Å²) >= 11 is 0. The zero-order valence-corrected chi connectivity index (χ0v) is 48.9. The van der Waals surface area contributed by atoms with Gasteiger partial charge in [0.15, 0.2) is 0 Å². The Morgan fingerprint density at radius 3 is 0.213 bits per heavy atom. The fraction of sp³-hybridized carbons (Fsp3) is 1.00. The minimum Gasteiger partial charge on any atom is -1.00 e. The molecule has 0 aromatic rings. The van der Waals surface area contributed by atoms with Crippen LogP contribution >= 0.6 is 0 Å². The summed E-state index contributed by atoms with van der Waals surface area (Å²) in [7, 11) is 0. The Hall–Kier alpha value is 1.00. The molecule has 0 atom stereocenters. The Bertz CT molecular complexity index is 379. The van der Waals surface area contributed by atoms with E-state index in [0.717, 1.165) is 0 Å². The predicted molar refractivity (Wildman–Crippen MR) is 291 cm³/mol. The van der Waals surface area contributed by atoms with Crippen LogP contribution in [-0.4, -0.2) is 0 Å². The van der Waals surface area contributed by atoms with Crippen LogP contribution in [-0.2, 0) is 0 Å². The van der Waals surface area contributed by atoms with Gasteiger partial charge in [-0.25, -0.2) is 0 Å². The minimum atomic E-state index is 0. The fourth-order valence-electron chi connectivity index (χ4n) is 7.24. The van der Waals surface area contributed by atoms with Gasteiger partial charge < -0.3 is 1.43 Å². The quantitative estimate of drug-likeness (QED) is 0.0423. The summed E-state index contributed by atoms with van der Waals surface area (Å²) in [6.07, 6.45) is 68.8. The third-order valence-corrected chi connectivity index (χ3v) is 11.7. The zero-order valence-electron chi connectivity index (χ0n) is 47.9. The zero-order chi connectivity index (χ0) is 45.9. The van der Waals surface area contributed by atoms with Crippen LogP contribution in [0.4, 0.5) is 0 Å². The molecule has 1 heteroatoms. The molecule has 0 saturated heterocycles. The Morgan fingerprint density at radius 1 is 0.115 bits per heavy atom. The van der Waals surface area contributed by atoms with Gasteiger partial charge in [-0.15, -0.1) is 0 Å². The molecule has 0 aliphatic carbocycles. The number of rotatable bonds is 42. The molecule has 0 aliphatic rings. The van der Waals surface area contributed by atoms with Crippen LogP contribution in [0.5, 0.6) is 0 Å². The largest absolute Gasteiger partial charge is 1.00 e. The Balaban J connectivity index is -0.0000000935. The van der Waals surface area contributed by atoms with Gasteiger partial charge in [-0.3, -0.25) is 0 Å². The molecule has 0 nitrogen and oxygen atoms in total. The van der Waals surface area contributed by atoms with Crippen LogP contribution in [0, 0.1) is 0 Å². The summed E-state index contributed by atoms with van der Waals surface area (Å²) in [4.78, 5) is 0. The second-order valence-corrected chi connectivity index (χ2v) is 18.7. The van der Waals surface area contributed by atoms with Crippen molar-refractivity contribution < 1.29 is 31.0 Å². The van der Waals surface area contributed by atoms with E-state index in [4.69, 9.17) is 0 Å². The van der Waals surface area contributed by atoms with Crippen LogP contribution in [0.3, 0.4) is 0 Å². The first kappa shape index (κ1) is 76.3. The molecule has 374 valence electrons. The van der Waals surface area contributed by atoms with Gasteiger partial charge in [0.2, 0.25) is 0 Å². The first-order valence-corrected chi connectivity index (χ1v) is 29.5. The van der Waals surface area contributed by atoms with Crippen molar-refractivity contribution in [3.05, 3.63) is 0 Å². The molecule has 0 bridgehead atoms. The molecule has 61 heavy (non-hydrogen) atoms. The molecular formula is C60H133Na. The molecule has 0 fully saturated rings. The normalized spacial score (nSPS) is 10.0. The average Bonchev–Trinajstić information content (AvgIpc) is 3.27. The molecule has 0 aromatic heterocycles. The third kappa shape index (κ3) is 115. The van der Waals surface area contributed by atoms with Gasteiger partial charge in [0, 0.05) is 0 Å². The Labute approximate surface area is 419 Å². The Morgan fingerprint density at radius 2 is 0.164 bits per heavy atom. The van der Waals surface area contributed by atoms with E-state index < -0.39 is 0 Å². The van der Waals surface area contributed by atoms with Crippen molar-refractivity contribution in [2.75, 3.05) is 0 Å². The molecule has 0 radical (unpaired) electrons. The predicted octanol–water partition coefficient (Wildman–Crippen LogP) is 22.0. The monoisotopic (exact) mass is 877 g/mol. The molecule has 0 N–H and O–H groups in total. The first-order valence-electron chi connectivity index (χ1n) is 29.5. The molecule has 0 aliphatic heterocycles. The SMILES string of the molecule is CCCCCCCCCC.CCCCCCCCCC.CCCCCCCCCC.CCCCCCCCCC.CCCCCCCCCC.CCCCCCCCCC.[H-].[Na+]. The van der Waals surface area contributed by atoms with Crippen molar-refractivity contribution in [1.82, 2.24) is 0 Å². The van der Waals surface area contributed by atoms with Gasteiger partial charge >= 0.3 is 29.6 Å². The second kappa shape index (κ2) is 91.5. The molecule has 0 amide bonds. The van der Waals surface area contributed by atoms with Crippen LogP contribution in [0.2, 0.25) is 0 Å². The first-order chi connectivity index (χ1) is 29.5. The molecule has 0 saturated carbocycles. The second-order valence-electron chi connectivity index (χ2n) is 18.7. The van der Waals surface area contributed by atoms with Gasteiger partial charge in [0.05, 0.1) is 0 Å². The van der Waals surface area contributed by atoms with Gasteiger partial charge in [0.1, 0.15) is 0 Å². The van der Waals surface area contributed by atoms with E-state index in [1.807, 2.05) is 0 Å². The van der Waals surface area contributed by atoms with Crippen molar-refractivity contribution >= 4 is 0 Å². The molecule has 0 rings (SSSR count). The summed E-state index contributed by atoms with van der Waals surface area (Å²) in [5.41, 5.74) is 0. The van der Waals surface area contributed by atoms with Crippen molar-refractivity contribution in [1.29, 1.82) is 0 Å². The van der Waals surface area contributed by atoms with Crippen molar-refractivity contribution in [2.24, 2.45) is 0 Å². The maximum atomic E-state index is 2.27. The standard InChI is InChI=1S/6C10H22.Na.H/c6*1-3-5-7-9-10-8-6-4-2;;/h6*3-10H2,1-2H3;;/q;;;;;;+1;-1. The smallest absolute Gasteiger partial charge is 1.00 e. The Kier molecular flexibility index (Phi) is 114. The molecule has 0 spiro atoms. The number of unbranched alkanes of at least 4 members (excludes halogenated alkanes) is 42. The molecule has 0 unspecified atom stereocenters. The summed E-state index contributed by atoms with van der Waals surface area (Å²) in [5.74, 6) is 0. The van der Waals surface area contributed by atoms with E-state index in [2.05, 4.69) is 83.1 Å². The number of hydrogen-bond donors (Lipinski definition) is 0.